The van der Waals surface area contributed by atoms with E-state index in [-0.39, 0.29) is 24.8 Å². The minimum absolute atomic E-state index is 0. The number of hydrogen-bond acceptors (Lipinski definition) is 2. The van der Waals surface area contributed by atoms with Crippen molar-refractivity contribution in [3.05, 3.63) is 41.7 Å². The van der Waals surface area contributed by atoms with Gasteiger partial charge in [-0.25, -0.2) is 4.39 Å². The normalized spacial score (nSPS) is 10.9. The number of allylic oxidation sites excluding steroid dienone is 1. The second kappa shape index (κ2) is 7.25. The van der Waals surface area contributed by atoms with Gasteiger partial charge in [-0.15, -0.1) is 12.4 Å². The van der Waals surface area contributed by atoms with Crippen LogP contribution in [0, 0.1) is 0 Å². The van der Waals surface area contributed by atoms with Gasteiger partial charge in [0.05, 0.1) is 0 Å². The van der Waals surface area contributed by atoms with E-state index in [4.69, 9.17) is 5.73 Å². The fraction of sp³-hybridized carbons (Fsp3) is 0.333. The first-order valence-corrected chi connectivity index (χ1v) is 4.94. The van der Waals surface area contributed by atoms with Crippen LogP contribution < -0.4 is 10.6 Å². The molecule has 0 amide bonds. The summed E-state index contributed by atoms with van der Waals surface area (Å²) in [7, 11) is 3.96. The van der Waals surface area contributed by atoms with E-state index in [1.807, 2.05) is 43.3 Å². The predicted octanol–water partition coefficient (Wildman–Crippen LogP) is 2.53. The molecule has 0 radical (unpaired) electrons. The molecule has 0 aromatic heterocycles. The topological polar surface area (TPSA) is 29.3 Å². The van der Waals surface area contributed by atoms with Gasteiger partial charge in [-0.05, 0) is 30.2 Å². The van der Waals surface area contributed by atoms with E-state index in [1.165, 1.54) is 6.08 Å². The van der Waals surface area contributed by atoms with Crippen molar-refractivity contribution < 1.29 is 4.39 Å². The smallest absolute Gasteiger partial charge is 0.110 e. The molecule has 0 spiro atoms. The van der Waals surface area contributed by atoms with Gasteiger partial charge < -0.3 is 10.6 Å². The maximum absolute atomic E-state index is 12.8. The van der Waals surface area contributed by atoms with Crippen LogP contribution in [0.2, 0.25) is 0 Å². The molecule has 0 aliphatic carbocycles. The van der Waals surface area contributed by atoms with Crippen LogP contribution in [0.4, 0.5) is 10.1 Å². The predicted molar refractivity (Wildman–Crippen MR) is 70.0 cm³/mol. The summed E-state index contributed by atoms with van der Waals surface area (Å²) in [4.78, 5) is 2.02. The zero-order chi connectivity index (χ0) is 11.3. The molecule has 0 aliphatic rings. The Morgan fingerprint density at radius 1 is 1.44 bits per heavy atom. The molecule has 1 aromatic carbocycles. The molecule has 0 heterocycles. The van der Waals surface area contributed by atoms with Crippen LogP contribution in [0.5, 0.6) is 0 Å². The Morgan fingerprint density at radius 2 is 2.12 bits per heavy atom. The molecule has 4 heteroatoms. The van der Waals surface area contributed by atoms with Gasteiger partial charge in [0.1, 0.15) is 5.83 Å². The number of benzene rings is 1. The van der Waals surface area contributed by atoms with Crippen LogP contribution in [-0.2, 0) is 6.42 Å². The highest BCUT2D eigenvalue weighted by Gasteiger charge is 1.97. The molecule has 0 atom stereocenters. The Hall–Kier alpha value is -1.06. The first-order chi connectivity index (χ1) is 7.13. The van der Waals surface area contributed by atoms with E-state index in [2.05, 4.69) is 0 Å². The molecule has 90 valence electrons. The Bertz CT molecular complexity index is 351. The molecule has 2 N–H and O–H groups in total. The van der Waals surface area contributed by atoms with Crippen molar-refractivity contribution in [3.63, 3.8) is 0 Å². The first-order valence-electron chi connectivity index (χ1n) is 4.94. The van der Waals surface area contributed by atoms with Crippen LogP contribution in [0.3, 0.4) is 0 Å². The van der Waals surface area contributed by atoms with Crippen molar-refractivity contribution in [2.24, 2.45) is 5.73 Å². The molecule has 1 aromatic rings. The summed E-state index contributed by atoms with van der Waals surface area (Å²) >= 11 is 0. The van der Waals surface area contributed by atoms with Gasteiger partial charge in [0.2, 0.25) is 0 Å². The summed E-state index contributed by atoms with van der Waals surface area (Å²) in [5.41, 5.74) is 7.37. The molecular weight excluding hydrogens is 227 g/mol. The van der Waals surface area contributed by atoms with Gasteiger partial charge in [0.25, 0.3) is 0 Å². The lowest BCUT2D eigenvalue weighted by Crippen LogP contribution is -2.08. The van der Waals surface area contributed by atoms with Gasteiger partial charge in [-0.3, -0.25) is 0 Å². The number of hydrogen-bond donors (Lipinski definition) is 1. The number of halogens is 2. The number of nitrogens with two attached hydrogens (primary N) is 1. The van der Waals surface area contributed by atoms with E-state index in [0.29, 0.717) is 6.42 Å². The van der Waals surface area contributed by atoms with Gasteiger partial charge in [0, 0.05) is 26.3 Å². The molecule has 1 rings (SSSR count). The van der Waals surface area contributed by atoms with Crippen LogP contribution in [0.1, 0.15) is 5.56 Å². The minimum atomic E-state index is -0.259. The van der Waals surface area contributed by atoms with Crippen molar-refractivity contribution >= 4 is 18.1 Å². The van der Waals surface area contributed by atoms with Gasteiger partial charge in [0.15, 0.2) is 0 Å². The maximum atomic E-state index is 12.8. The monoisotopic (exact) mass is 244 g/mol. The van der Waals surface area contributed by atoms with E-state index in [1.54, 1.807) is 0 Å². The molecule has 0 saturated carbocycles. The molecule has 0 bridgehead atoms. The van der Waals surface area contributed by atoms with Gasteiger partial charge >= 0.3 is 0 Å². The minimum Gasteiger partial charge on any atom is -0.378 e. The molecule has 0 fully saturated rings. The van der Waals surface area contributed by atoms with Crippen LogP contribution in [0.15, 0.2) is 36.2 Å². The number of anilines is 1. The van der Waals surface area contributed by atoms with Crippen molar-refractivity contribution in [3.8, 4) is 0 Å². The van der Waals surface area contributed by atoms with Crippen molar-refractivity contribution in [2.75, 3.05) is 25.5 Å². The first kappa shape index (κ1) is 14.9. The summed E-state index contributed by atoms with van der Waals surface area (Å²) in [5.74, 6) is -0.259. The Labute approximate surface area is 102 Å². The molecule has 0 saturated heterocycles. The highest BCUT2D eigenvalue weighted by molar-refractivity contribution is 5.85. The van der Waals surface area contributed by atoms with E-state index in [9.17, 15) is 4.39 Å². The van der Waals surface area contributed by atoms with Gasteiger partial charge in [-0.1, -0.05) is 12.1 Å². The van der Waals surface area contributed by atoms with Crippen LogP contribution >= 0.6 is 12.4 Å². The fourth-order valence-corrected chi connectivity index (χ4v) is 1.27. The third-order valence-electron chi connectivity index (χ3n) is 2.18. The highest BCUT2D eigenvalue weighted by atomic mass is 35.5. The van der Waals surface area contributed by atoms with E-state index < -0.39 is 0 Å². The van der Waals surface area contributed by atoms with Crippen molar-refractivity contribution in [1.29, 1.82) is 0 Å². The summed E-state index contributed by atoms with van der Waals surface area (Å²) in [6.45, 7) is -0.0205. The highest BCUT2D eigenvalue weighted by Crippen LogP contribution is 2.14. The van der Waals surface area contributed by atoms with Crippen LogP contribution in [0.25, 0.3) is 0 Å². The van der Waals surface area contributed by atoms with Crippen molar-refractivity contribution in [2.45, 2.75) is 6.42 Å². The SMILES string of the molecule is CN(C)c1cccc(C/C=C(/F)CN)c1.Cl. The lowest BCUT2D eigenvalue weighted by atomic mass is 10.1. The molecule has 0 aliphatic heterocycles. The standard InChI is InChI=1S/C12H17FN2.ClH/c1-15(2)12-5-3-4-10(8-12)6-7-11(13)9-14;/h3-5,7-8H,6,9,14H2,1-2H3;1H/b11-7+;. The molecule has 2 nitrogen and oxygen atoms in total. The summed E-state index contributed by atoms with van der Waals surface area (Å²) in [6.07, 6.45) is 2.11. The third kappa shape index (κ3) is 4.64. The average Bonchev–Trinajstić information content (AvgIpc) is 2.26. The Morgan fingerprint density at radius 3 is 2.69 bits per heavy atom. The summed E-state index contributed by atoms with van der Waals surface area (Å²) in [5, 5.41) is 0. The third-order valence-corrected chi connectivity index (χ3v) is 2.18. The maximum Gasteiger partial charge on any atom is 0.110 e. The molecular formula is C12H18ClFN2. The Kier molecular flexibility index (Phi) is 6.77. The number of rotatable bonds is 4. The van der Waals surface area contributed by atoms with Crippen molar-refractivity contribution in [1.82, 2.24) is 0 Å². The number of nitrogens with zero attached hydrogens (tertiary/aromatic N) is 1. The second-order valence-corrected chi connectivity index (χ2v) is 3.62. The van der Waals surface area contributed by atoms with Gasteiger partial charge in [-0.2, -0.15) is 0 Å². The van der Waals surface area contributed by atoms with E-state index in [0.717, 1.165) is 11.3 Å². The largest absolute Gasteiger partial charge is 0.378 e. The van der Waals surface area contributed by atoms with E-state index >= 15 is 0 Å². The quantitative estimate of drug-likeness (QED) is 0.882. The zero-order valence-corrected chi connectivity index (χ0v) is 10.4. The molecule has 0 unspecified atom stereocenters. The average molecular weight is 245 g/mol. The zero-order valence-electron chi connectivity index (χ0n) is 9.61. The molecule has 16 heavy (non-hydrogen) atoms. The summed E-state index contributed by atoms with van der Waals surface area (Å²) in [6, 6.07) is 8.01. The fourth-order valence-electron chi connectivity index (χ4n) is 1.27. The van der Waals surface area contributed by atoms with Crippen LogP contribution in [-0.4, -0.2) is 20.6 Å². The summed E-state index contributed by atoms with van der Waals surface area (Å²) < 4.78 is 12.8. The second-order valence-electron chi connectivity index (χ2n) is 3.62. The Balaban J connectivity index is 0.00000225. The lowest BCUT2D eigenvalue weighted by Gasteiger charge is -2.12. The lowest BCUT2D eigenvalue weighted by molar-refractivity contribution is 0.614.